The lowest BCUT2D eigenvalue weighted by molar-refractivity contribution is -0.141. The van der Waals surface area contributed by atoms with E-state index in [1.807, 2.05) is 36.4 Å². The van der Waals surface area contributed by atoms with E-state index in [9.17, 15) is 14.4 Å². The molecule has 0 aliphatic heterocycles. The second kappa shape index (κ2) is 9.91. The monoisotopic (exact) mass is 410 g/mol. The minimum atomic E-state index is -0.849. The Morgan fingerprint density at radius 2 is 1.60 bits per heavy atom. The van der Waals surface area contributed by atoms with Crippen LogP contribution < -0.4 is 10.6 Å². The first kappa shape index (κ1) is 21.4. The van der Waals surface area contributed by atoms with Crippen molar-refractivity contribution in [3.05, 3.63) is 59.7 Å². The van der Waals surface area contributed by atoms with Gasteiger partial charge < -0.3 is 20.5 Å². The molecule has 0 spiro atoms. The van der Waals surface area contributed by atoms with Crippen molar-refractivity contribution in [1.29, 1.82) is 0 Å². The molecule has 0 bridgehead atoms. The highest BCUT2D eigenvalue weighted by atomic mass is 16.5. The normalized spacial score (nSPS) is 13.1. The molecule has 2 aromatic carbocycles. The summed E-state index contributed by atoms with van der Waals surface area (Å²) in [5, 5.41) is 13.9. The lowest BCUT2D eigenvalue weighted by atomic mass is 9.98. The van der Waals surface area contributed by atoms with Crippen LogP contribution in [0.2, 0.25) is 0 Å². The van der Waals surface area contributed by atoms with E-state index in [-0.39, 0.29) is 25.0 Å². The van der Waals surface area contributed by atoms with Gasteiger partial charge in [-0.1, -0.05) is 55.5 Å². The number of benzene rings is 2. The zero-order valence-electron chi connectivity index (χ0n) is 16.9. The predicted molar refractivity (Wildman–Crippen MR) is 112 cm³/mol. The summed E-state index contributed by atoms with van der Waals surface area (Å²) in [5.41, 5.74) is 4.55. The molecule has 7 nitrogen and oxygen atoms in total. The van der Waals surface area contributed by atoms with E-state index in [1.54, 1.807) is 6.92 Å². The van der Waals surface area contributed by atoms with Crippen LogP contribution in [0.25, 0.3) is 11.1 Å². The Hall–Kier alpha value is -3.35. The molecule has 0 heterocycles. The van der Waals surface area contributed by atoms with Gasteiger partial charge in [0, 0.05) is 12.5 Å². The highest BCUT2D eigenvalue weighted by Gasteiger charge is 2.29. The van der Waals surface area contributed by atoms with Gasteiger partial charge in [0.1, 0.15) is 6.61 Å². The fourth-order valence-electron chi connectivity index (χ4n) is 3.62. The third kappa shape index (κ3) is 5.17. The number of nitrogens with one attached hydrogen (secondary N) is 2. The molecule has 3 rings (SSSR count). The molecule has 0 fully saturated rings. The van der Waals surface area contributed by atoms with Gasteiger partial charge in [-0.3, -0.25) is 9.59 Å². The van der Waals surface area contributed by atoms with Crippen LogP contribution in [-0.4, -0.2) is 42.8 Å². The Morgan fingerprint density at radius 3 is 2.20 bits per heavy atom. The molecule has 0 saturated heterocycles. The number of carboxylic acid groups (broad SMARTS) is 1. The van der Waals surface area contributed by atoms with Crippen LogP contribution in [0.4, 0.5) is 4.79 Å². The molecule has 0 saturated carbocycles. The highest BCUT2D eigenvalue weighted by molar-refractivity contribution is 5.82. The first-order valence-corrected chi connectivity index (χ1v) is 10.1. The largest absolute Gasteiger partial charge is 0.481 e. The van der Waals surface area contributed by atoms with E-state index >= 15 is 0 Å². The van der Waals surface area contributed by atoms with Crippen molar-refractivity contribution in [2.75, 3.05) is 19.7 Å². The van der Waals surface area contributed by atoms with E-state index in [4.69, 9.17) is 9.84 Å². The van der Waals surface area contributed by atoms with Crippen LogP contribution in [0.3, 0.4) is 0 Å². The summed E-state index contributed by atoms with van der Waals surface area (Å²) in [6, 6.07) is 16.1. The van der Waals surface area contributed by atoms with E-state index in [0.717, 1.165) is 22.3 Å². The predicted octanol–water partition coefficient (Wildman–Crippen LogP) is 3.14. The minimum absolute atomic E-state index is 0.0341. The Morgan fingerprint density at radius 1 is 1.00 bits per heavy atom. The molecule has 30 heavy (non-hydrogen) atoms. The number of hydrogen-bond donors (Lipinski definition) is 3. The van der Waals surface area contributed by atoms with Crippen molar-refractivity contribution < 1.29 is 24.2 Å². The van der Waals surface area contributed by atoms with Crippen molar-refractivity contribution in [2.45, 2.75) is 25.7 Å². The number of alkyl carbamates (subject to hydrolysis) is 1. The Bertz CT molecular complexity index is 882. The fraction of sp³-hybridized carbons (Fsp3) is 0.348. The first-order valence-electron chi connectivity index (χ1n) is 10.1. The van der Waals surface area contributed by atoms with Gasteiger partial charge in [-0.05, 0) is 35.1 Å². The van der Waals surface area contributed by atoms with Crippen LogP contribution in [0.5, 0.6) is 0 Å². The molecule has 3 N–H and O–H groups in total. The summed E-state index contributed by atoms with van der Waals surface area (Å²) in [5.74, 6) is -1.67. The van der Waals surface area contributed by atoms with Gasteiger partial charge >= 0.3 is 12.1 Å². The Labute approximate surface area is 175 Å². The van der Waals surface area contributed by atoms with Crippen LogP contribution in [0.15, 0.2) is 48.5 Å². The number of carboxylic acids is 1. The second-order valence-electron chi connectivity index (χ2n) is 7.41. The topological polar surface area (TPSA) is 105 Å². The summed E-state index contributed by atoms with van der Waals surface area (Å²) in [6.07, 6.45) is 0.394. The number of rotatable bonds is 9. The van der Waals surface area contributed by atoms with Crippen molar-refractivity contribution in [3.8, 4) is 11.1 Å². The molecular weight excluding hydrogens is 384 g/mol. The SMILES string of the molecule is CC(CCCNC(=O)CNC(=O)OCC1c2ccccc2-c2ccccc21)C(=O)O. The molecule has 1 aliphatic rings. The molecule has 2 amide bonds. The van der Waals surface area contributed by atoms with E-state index in [2.05, 4.69) is 22.8 Å². The van der Waals surface area contributed by atoms with Gasteiger partial charge in [-0.25, -0.2) is 4.79 Å². The number of carbonyl (C=O) groups excluding carboxylic acids is 2. The van der Waals surface area contributed by atoms with Gasteiger partial charge in [0.15, 0.2) is 0 Å². The van der Waals surface area contributed by atoms with Gasteiger partial charge in [0.25, 0.3) is 0 Å². The third-order valence-electron chi connectivity index (χ3n) is 5.29. The summed E-state index contributed by atoms with van der Waals surface area (Å²) >= 11 is 0. The number of fused-ring (bicyclic) bond motifs is 3. The summed E-state index contributed by atoms with van der Waals surface area (Å²) in [7, 11) is 0. The zero-order chi connectivity index (χ0) is 21.5. The lowest BCUT2D eigenvalue weighted by Crippen LogP contribution is -2.38. The van der Waals surface area contributed by atoms with Crippen molar-refractivity contribution in [2.24, 2.45) is 5.92 Å². The maximum atomic E-state index is 12.0. The molecule has 1 aliphatic carbocycles. The smallest absolute Gasteiger partial charge is 0.407 e. The standard InChI is InChI=1S/C23H26N2O5/c1-15(22(27)28)7-6-12-24-21(26)13-25-23(29)30-14-20-18-10-4-2-8-16(18)17-9-3-5-11-19(17)20/h2-5,8-11,15,20H,6-7,12-14H2,1H3,(H,24,26)(H,25,29)(H,27,28). The van der Waals surface area contributed by atoms with Gasteiger partial charge in [-0.2, -0.15) is 0 Å². The lowest BCUT2D eigenvalue weighted by Gasteiger charge is -2.14. The average Bonchev–Trinajstić information content (AvgIpc) is 3.07. The number of amides is 2. The molecule has 7 heteroatoms. The van der Waals surface area contributed by atoms with Crippen molar-refractivity contribution in [1.82, 2.24) is 10.6 Å². The molecule has 158 valence electrons. The van der Waals surface area contributed by atoms with Gasteiger partial charge in [-0.15, -0.1) is 0 Å². The maximum Gasteiger partial charge on any atom is 0.407 e. The summed E-state index contributed by atoms with van der Waals surface area (Å²) in [4.78, 5) is 34.6. The van der Waals surface area contributed by atoms with Crippen LogP contribution in [-0.2, 0) is 14.3 Å². The molecular formula is C23H26N2O5. The number of aliphatic carboxylic acids is 1. The molecule has 0 aromatic heterocycles. The number of ether oxygens (including phenoxy) is 1. The molecule has 1 atom stereocenters. The number of carbonyl (C=O) groups is 3. The minimum Gasteiger partial charge on any atom is -0.481 e. The van der Waals surface area contributed by atoms with Crippen LogP contribution in [0.1, 0.15) is 36.8 Å². The second-order valence-corrected chi connectivity index (χ2v) is 7.41. The van der Waals surface area contributed by atoms with Gasteiger partial charge in [0.05, 0.1) is 12.5 Å². The Balaban J connectivity index is 1.42. The molecule has 1 unspecified atom stereocenters. The zero-order valence-corrected chi connectivity index (χ0v) is 16.9. The molecule has 0 radical (unpaired) electrons. The van der Waals surface area contributed by atoms with Crippen LogP contribution in [0, 0.1) is 5.92 Å². The van der Waals surface area contributed by atoms with E-state index in [0.29, 0.717) is 19.4 Å². The van der Waals surface area contributed by atoms with Gasteiger partial charge in [0.2, 0.25) is 5.91 Å². The van der Waals surface area contributed by atoms with E-state index in [1.165, 1.54) is 0 Å². The molecule has 2 aromatic rings. The van der Waals surface area contributed by atoms with Crippen molar-refractivity contribution >= 4 is 18.0 Å². The van der Waals surface area contributed by atoms with Crippen LogP contribution >= 0.6 is 0 Å². The van der Waals surface area contributed by atoms with Crippen molar-refractivity contribution in [3.63, 3.8) is 0 Å². The average molecular weight is 410 g/mol. The third-order valence-corrected chi connectivity index (χ3v) is 5.29. The maximum absolute atomic E-state index is 12.0. The quantitative estimate of drug-likeness (QED) is 0.551. The number of hydrogen-bond acceptors (Lipinski definition) is 4. The fourth-order valence-corrected chi connectivity index (χ4v) is 3.62. The van der Waals surface area contributed by atoms with E-state index < -0.39 is 18.0 Å². The summed E-state index contributed by atoms with van der Waals surface area (Å²) < 4.78 is 5.38. The summed E-state index contributed by atoms with van der Waals surface area (Å²) in [6.45, 7) is 1.99. The Kier molecular flexibility index (Phi) is 7.06. The first-order chi connectivity index (χ1) is 14.5. The highest BCUT2D eigenvalue weighted by Crippen LogP contribution is 2.44.